The summed E-state index contributed by atoms with van der Waals surface area (Å²) in [6, 6.07) is 20.1. The summed E-state index contributed by atoms with van der Waals surface area (Å²) < 4.78 is 22.2. The molecule has 1 atom stereocenters. The normalized spacial score (nSPS) is 14.5. The average molecular weight is 391 g/mol. The number of hydrogen-bond acceptors (Lipinski definition) is 5. The monoisotopic (exact) mass is 391 g/mol. The van der Waals surface area contributed by atoms with Crippen LogP contribution in [0.4, 0.5) is 5.69 Å². The van der Waals surface area contributed by atoms with Crippen LogP contribution in [0.3, 0.4) is 0 Å². The molecule has 3 aromatic carbocycles. The van der Waals surface area contributed by atoms with E-state index in [1.165, 1.54) is 0 Å². The second-order valence-corrected chi connectivity index (χ2v) is 6.55. The van der Waals surface area contributed by atoms with Gasteiger partial charge >= 0.3 is 0 Å². The van der Waals surface area contributed by atoms with Gasteiger partial charge in [0.05, 0.1) is 14.2 Å². The molecule has 6 heteroatoms. The fourth-order valence-corrected chi connectivity index (χ4v) is 3.16. The molecule has 0 fully saturated rings. The Morgan fingerprint density at radius 2 is 1.69 bits per heavy atom. The number of amides is 1. The van der Waals surface area contributed by atoms with Gasteiger partial charge < -0.3 is 24.3 Å². The second kappa shape index (κ2) is 8.14. The summed E-state index contributed by atoms with van der Waals surface area (Å²) in [4.78, 5) is 12.7. The predicted molar refractivity (Wildman–Crippen MR) is 109 cm³/mol. The lowest BCUT2D eigenvalue weighted by Crippen LogP contribution is -2.31. The Bertz CT molecular complexity index is 991. The number of hydrogen-bond donors (Lipinski definition) is 1. The van der Waals surface area contributed by atoms with Gasteiger partial charge in [-0.05, 0) is 48.0 Å². The summed E-state index contributed by atoms with van der Waals surface area (Å²) in [7, 11) is 3.18. The first kappa shape index (κ1) is 18.7. The Hall–Kier alpha value is -3.67. The van der Waals surface area contributed by atoms with Crippen LogP contribution in [0.15, 0.2) is 66.7 Å². The Morgan fingerprint density at radius 1 is 0.931 bits per heavy atom. The molecule has 1 amide bonds. The van der Waals surface area contributed by atoms with E-state index in [9.17, 15) is 4.79 Å². The molecule has 0 unspecified atom stereocenters. The molecule has 4 rings (SSSR count). The summed E-state index contributed by atoms with van der Waals surface area (Å²) in [5.41, 5.74) is 1.63. The quantitative estimate of drug-likeness (QED) is 0.673. The molecule has 6 nitrogen and oxygen atoms in total. The van der Waals surface area contributed by atoms with Crippen LogP contribution in [0, 0.1) is 0 Å². The van der Waals surface area contributed by atoms with Crippen molar-refractivity contribution in [2.24, 2.45) is 0 Å². The number of benzene rings is 3. The summed E-state index contributed by atoms with van der Waals surface area (Å²) in [6.45, 7) is 0. The molecule has 148 valence electrons. The molecule has 1 heterocycles. The van der Waals surface area contributed by atoms with Gasteiger partial charge in [0.2, 0.25) is 0 Å². The van der Waals surface area contributed by atoms with E-state index in [0.29, 0.717) is 29.4 Å². The fraction of sp³-hybridized carbons (Fsp3) is 0.174. The average Bonchev–Trinajstić information content (AvgIpc) is 3.19. The Balaban J connectivity index is 1.48. The molecule has 1 aliphatic rings. The van der Waals surface area contributed by atoms with E-state index in [1.54, 1.807) is 44.6 Å². The number of rotatable bonds is 6. The minimum atomic E-state index is -0.555. The summed E-state index contributed by atoms with van der Waals surface area (Å²) in [6.07, 6.45) is -0.00616. The van der Waals surface area contributed by atoms with E-state index in [2.05, 4.69) is 5.32 Å². The van der Waals surface area contributed by atoms with Crippen molar-refractivity contribution in [3.8, 4) is 28.7 Å². The first-order valence-electron chi connectivity index (χ1n) is 9.21. The zero-order chi connectivity index (χ0) is 20.2. The Morgan fingerprint density at radius 3 is 2.41 bits per heavy atom. The van der Waals surface area contributed by atoms with Gasteiger partial charge in [-0.25, -0.2) is 0 Å². The van der Waals surface area contributed by atoms with Gasteiger partial charge in [-0.15, -0.1) is 0 Å². The van der Waals surface area contributed by atoms with Gasteiger partial charge in [0.25, 0.3) is 5.91 Å². The van der Waals surface area contributed by atoms with E-state index in [4.69, 9.17) is 18.9 Å². The van der Waals surface area contributed by atoms with E-state index in [0.717, 1.165) is 17.1 Å². The largest absolute Gasteiger partial charge is 0.497 e. The molecule has 0 aromatic heterocycles. The molecule has 0 bridgehead atoms. The van der Waals surface area contributed by atoms with E-state index in [1.807, 2.05) is 36.4 Å². The SMILES string of the molecule is COc1ccc(Oc2cc(NC(=O)[C@H]3Cc4ccccc4O3)ccc2OC)cc1. The van der Waals surface area contributed by atoms with Crippen LogP contribution in [-0.2, 0) is 11.2 Å². The van der Waals surface area contributed by atoms with Crippen molar-refractivity contribution in [1.29, 1.82) is 0 Å². The van der Waals surface area contributed by atoms with Crippen molar-refractivity contribution < 1.29 is 23.7 Å². The van der Waals surface area contributed by atoms with Crippen molar-refractivity contribution >= 4 is 11.6 Å². The van der Waals surface area contributed by atoms with Gasteiger partial charge in [-0.3, -0.25) is 4.79 Å². The summed E-state index contributed by atoms with van der Waals surface area (Å²) in [5.74, 6) is 2.96. The summed E-state index contributed by atoms with van der Waals surface area (Å²) >= 11 is 0. The number of carbonyl (C=O) groups is 1. The highest BCUT2D eigenvalue weighted by atomic mass is 16.5. The Kier molecular flexibility index (Phi) is 5.24. The lowest BCUT2D eigenvalue weighted by atomic mass is 10.1. The van der Waals surface area contributed by atoms with E-state index >= 15 is 0 Å². The molecule has 0 saturated carbocycles. The van der Waals surface area contributed by atoms with Crippen molar-refractivity contribution in [2.75, 3.05) is 19.5 Å². The minimum Gasteiger partial charge on any atom is -0.497 e. The van der Waals surface area contributed by atoms with Crippen LogP contribution < -0.4 is 24.3 Å². The van der Waals surface area contributed by atoms with Crippen molar-refractivity contribution in [1.82, 2.24) is 0 Å². The maximum atomic E-state index is 12.7. The molecule has 1 aliphatic heterocycles. The molecular formula is C23H21NO5. The van der Waals surface area contributed by atoms with Crippen LogP contribution in [0.2, 0.25) is 0 Å². The van der Waals surface area contributed by atoms with Crippen LogP contribution >= 0.6 is 0 Å². The van der Waals surface area contributed by atoms with Crippen LogP contribution in [0.5, 0.6) is 28.7 Å². The molecule has 0 radical (unpaired) electrons. The second-order valence-electron chi connectivity index (χ2n) is 6.55. The topological polar surface area (TPSA) is 66.0 Å². The van der Waals surface area contributed by atoms with E-state index < -0.39 is 6.10 Å². The maximum Gasteiger partial charge on any atom is 0.265 e. The van der Waals surface area contributed by atoms with Gasteiger partial charge in [0.15, 0.2) is 17.6 Å². The smallest absolute Gasteiger partial charge is 0.265 e. The standard InChI is InChI=1S/C23H21NO5/c1-26-17-8-10-18(11-9-17)28-21-14-16(7-12-20(21)27-2)24-23(25)22-13-15-5-3-4-6-19(15)29-22/h3-12,14,22H,13H2,1-2H3,(H,24,25)/t22-/m1/s1. The molecule has 0 spiro atoms. The number of methoxy groups -OCH3 is 2. The van der Waals surface area contributed by atoms with Gasteiger partial charge in [-0.1, -0.05) is 18.2 Å². The maximum absolute atomic E-state index is 12.7. The lowest BCUT2D eigenvalue weighted by Gasteiger charge is -2.15. The molecule has 1 N–H and O–H groups in total. The molecular weight excluding hydrogens is 370 g/mol. The number of ether oxygens (including phenoxy) is 4. The highest BCUT2D eigenvalue weighted by Crippen LogP contribution is 2.35. The minimum absolute atomic E-state index is 0.207. The van der Waals surface area contributed by atoms with Gasteiger partial charge in [0.1, 0.15) is 17.2 Å². The first-order chi connectivity index (χ1) is 14.2. The van der Waals surface area contributed by atoms with E-state index in [-0.39, 0.29) is 5.91 Å². The van der Waals surface area contributed by atoms with Crippen molar-refractivity contribution in [3.05, 3.63) is 72.3 Å². The third-order valence-electron chi connectivity index (χ3n) is 4.66. The third-order valence-corrected chi connectivity index (χ3v) is 4.66. The van der Waals surface area contributed by atoms with Crippen LogP contribution in [0.1, 0.15) is 5.56 Å². The zero-order valence-electron chi connectivity index (χ0n) is 16.2. The fourth-order valence-electron chi connectivity index (χ4n) is 3.16. The zero-order valence-corrected chi connectivity index (χ0v) is 16.2. The summed E-state index contributed by atoms with van der Waals surface area (Å²) in [5, 5.41) is 2.89. The number of nitrogens with one attached hydrogen (secondary N) is 1. The lowest BCUT2D eigenvalue weighted by molar-refractivity contribution is -0.122. The van der Waals surface area contributed by atoms with Crippen LogP contribution in [0.25, 0.3) is 0 Å². The predicted octanol–water partition coefficient (Wildman–Crippen LogP) is 4.44. The van der Waals surface area contributed by atoms with Crippen LogP contribution in [-0.4, -0.2) is 26.2 Å². The van der Waals surface area contributed by atoms with Gasteiger partial charge in [0, 0.05) is 18.2 Å². The third kappa shape index (κ3) is 4.11. The first-order valence-corrected chi connectivity index (χ1v) is 9.21. The molecule has 0 aliphatic carbocycles. The molecule has 29 heavy (non-hydrogen) atoms. The number of carbonyl (C=O) groups excluding carboxylic acids is 1. The molecule has 0 saturated heterocycles. The van der Waals surface area contributed by atoms with Gasteiger partial charge in [-0.2, -0.15) is 0 Å². The number of anilines is 1. The molecule has 3 aromatic rings. The van der Waals surface area contributed by atoms with Crippen molar-refractivity contribution in [2.45, 2.75) is 12.5 Å². The highest BCUT2D eigenvalue weighted by molar-refractivity contribution is 5.95. The number of para-hydroxylation sites is 1. The Labute approximate surface area is 169 Å². The number of fused-ring (bicyclic) bond motifs is 1. The van der Waals surface area contributed by atoms with Crippen molar-refractivity contribution in [3.63, 3.8) is 0 Å². The highest BCUT2D eigenvalue weighted by Gasteiger charge is 2.28.